The Morgan fingerprint density at radius 1 is 1.40 bits per heavy atom. The van der Waals surface area contributed by atoms with Gasteiger partial charge in [-0.1, -0.05) is 25.8 Å². The Bertz CT molecular complexity index is 489. The number of hydrogen-bond donors (Lipinski definition) is 1. The number of nitrogens with one attached hydrogen (secondary N) is 1. The molecule has 0 aliphatic carbocycles. The molecule has 0 saturated carbocycles. The van der Waals surface area contributed by atoms with E-state index in [4.69, 9.17) is 0 Å². The zero-order valence-corrected chi connectivity index (χ0v) is 12.2. The third-order valence-corrected chi connectivity index (χ3v) is 3.16. The Labute approximate surface area is 118 Å². The molecule has 0 atom stereocenters. The lowest BCUT2D eigenvalue weighted by Crippen LogP contribution is -2.28. The van der Waals surface area contributed by atoms with Gasteiger partial charge in [0, 0.05) is 20.6 Å². The number of nitro groups is 1. The number of anilines is 1. The largest absolute Gasteiger partial charge is 0.383 e. The predicted octanol–water partition coefficient (Wildman–Crippen LogP) is 2.90. The zero-order chi connectivity index (χ0) is 15.1. The highest BCUT2D eigenvalue weighted by atomic mass is 16.6. The number of benzene rings is 1. The minimum atomic E-state index is -0.515. The molecular weight excluding hydrogens is 258 g/mol. The summed E-state index contributed by atoms with van der Waals surface area (Å²) >= 11 is 0. The van der Waals surface area contributed by atoms with E-state index in [1.807, 2.05) is 0 Å². The van der Waals surface area contributed by atoms with Gasteiger partial charge in [-0.2, -0.15) is 0 Å². The Kier molecular flexibility index (Phi) is 5.96. The molecular formula is C14H21N3O3. The summed E-state index contributed by atoms with van der Waals surface area (Å²) in [6.07, 6.45) is 3.01. The van der Waals surface area contributed by atoms with Gasteiger partial charge in [-0.3, -0.25) is 14.9 Å². The van der Waals surface area contributed by atoms with Crippen molar-refractivity contribution in [2.45, 2.75) is 26.2 Å². The summed E-state index contributed by atoms with van der Waals surface area (Å²) in [5.74, 6) is -0.315. The number of carbonyl (C=O) groups is 1. The van der Waals surface area contributed by atoms with Gasteiger partial charge in [0.15, 0.2) is 0 Å². The van der Waals surface area contributed by atoms with E-state index in [1.54, 1.807) is 26.2 Å². The van der Waals surface area contributed by atoms with Crippen LogP contribution in [0.2, 0.25) is 0 Å². The van der Waals surface area contributed by atoms with Crippen molar-refractivity contribution in [3.63, 3.8) is 0 Å². The summed E-state index contributed by atoms with van der Waals surface area (Å²) in [7, 11) is 3.27. The molecule has 110 valence electrons. The first kappa shape index (κ1) is 15.9. The molecule has 0 saturated heterocycles. The quantitative estimate of drug-likeness (QED) is 0.473. The summed E-state index contributed by atoms with van der Waals surface area (Å²) in [5.41, 5.74) is 0.311. The molecule has 0 fully saturated rings. The van der Waals surface area contributed by atoms with Crippen molar-refractivity contribution in [1.29, 1.82) is 0 Å². The predicted molar refractivity (Wildman–Crippen MR) is 79.1 cm³/mol. The summed E-state index contributed by atoms with van der Waals surface area (Å²) in [6, 6.07) is 4.73. The normalized spacial score (nSPS) is 10.2. The number of carbonyl (C=O) groups excluding carboxylic acids is 1. The lowest BCUT2D eigenvalue weighted by Gasteiger charge is -2.17. The highest BCUT2D eigenvalue weighted by molar-refractivity contribution is 6.00. The number of nitro benzene ring substituents is 1. The molecule has 0 unspecified atom stereocenters. The second kappa shape index (κ2) is 7.47. The van der Waals surface area contributed by atoms with Crippen LogP contribution in [0, 0.1) is 10.1 Å². The topological polar surface area (TPSA) is 75.5 Å². The van der Waals surface area contributed by atoms with Gasteiger partial charge in [0.1, 0.15) is 11.3 Å². The molecule has 1 N–H and O–H groups in total. The average molecular weight is 279 g/mol. The van der Waals surface area contributed by atoms with Crippen LogP contribution < -0.4 is 5.32 Å². The monoisotopic (exact) mass is 279 g/mol. The van der Waals surface area contributed by atoms with Gasteiger partial charge in [-0.25, -0.2) is 0 Å². The second-order valence-electron chi connectivity index (χ2n) is 4.64. The maximum Gasteiger partial charge on any atom is 0.305 e. The molecule has 1 aromatic rings. The van der Waals surface area contributed by atoms with Crippen LogP contribution in [0.4, 0.5) is 11.4 Å². The molecule has 0 aliphatic rings. The third kappa shape index (κ3) is 3.69. The van der Waals surface area contributed by atoms with E-state index in [0.717, 1.165) is 19.3 Å². The maximum atomic E-state index is 12.3. The Morgan fingerprint density at radius 3 is 2.65 bits per heavy atom. The maximum absolute atomic E-state index is 12.3. The van der Waals surface area contributed by atoms with Crippen LogP contribution in [0.1, 0.15) is 36.5 Å². The van der Waals surface area contributed by atoms with Crippen molar-refractivity contribution in [3.8, 4) is 0 Å². The van der Waals surface area contributed by atoms with Gasteiger partial charge in [0.25, 0.3) is 5.91 Å². The van der Waals surface area contributed by atoms with E-state index in [2.05, 4.69) is 12.2 Å². The zero-order valence-electron chi connectivity index (χ0n) is 12.2. The van der Waals surface area contributed by atoms with Crippen LogP contribution in [-0.2, 0) is 0 Å². The summed E-state index contributed by atoms with van der Waals surface area (Å²) < 4.78 is 0. The lowest BCUT2D eigenvalue weighted by atomic mass is 10.1. The second-order valence-corrected chi connectivity index (χ2v) is 4.64. The van der Waals surface area contributed by atoms with Gasteiger partial charge in [-0.15, -0.1) is 0 Å². The molecule has 6 nitrogen and oxygen atoms in total. The minimum Gasteiger partial charge on any atom is -0.383 e. The van der Waals surface area contributed by atoms with Crippen molar-refractivity contribution in [2.24, 2.45) is 0 Å². The summed E-state index contributed by atoms with van der Waals surface area (Å²) in [5, 5.41) is 13.9. The van der Waals surface area contributed by atoms with E-state index in [1.165, 1.54) is 11.0 Å². The molecule has 1 aromatic carbocycles. The van der Waals surface area contributed by atoms with Crippen molar-refractivity contribution < 1.29 is 9.72 Å². The van der Waals surface area contributed by atoms with E-state index in [9.17, 15) is 14.9 Å². The number of rotatable bonds is 7. The van der Waals surface area contributed by atoms with E-state index >= 15 is 0 Å². The van der Waals surface area contributed by atoms with Crippen molar-refractivity contribution in [3.05, 3.63) is 33.9 Å². The van der Waals surface area contributed by atoms with Crippen LogP contribution in [0.25, 0.3) is 0 Å². The molecule has 1 amide bonds. The molecule has 6 heteroatoms. The van der Waals surface area contributed by atoms with Gasteiger partial charge < -0.3 is 10.2 Å². The molecule has 0 radical (unpaired) electrons. The molecule has 0 bridgehead atoms. The van der Waals surface area contributed by atoms with Crippen LogP contribution >= 0.6 is 0 Å². The van der Waals surface area contributed by atoms with Gasteiger partial charge in [-0.05, 0) is 18.6 Å². The van der Waals surface area contributed by atoms with E-state index in [-0.39, 0.29) is 17.2 Å². The van der Waals surface area contributed by atoms with Crippen molar-refractivity contribution in [2.75, 3.05) is 26.0 Å². The van der Waals surface area contributed by atoms with Crippen LogP contribution in [-0.4, -0.2) is 36.4 Å². The standard InChI is InChI=1S/C14H21N3O3/c1-4-5-6-10-16(3)14(18)11-8-7-9-12(15-2)13(11)17(19)20/h7-9,15H,4-6,10H2,1-3H3. The highest BCUT2D eigenvalue weighted by Crippen LogP contribution is 2.29. The van der Waals surface area contributed by atoms with Crippen LogP contribution in [0.3, 0.4) is 0 Å². The van der Waals surface area contributed by atoms with E-state index in [0.29, 0.717) is 12.2 Å². The van der Waals surface area contributed by atoms with E-state index < -0.39 is 4.92 Å². The first-order valence-corrected chi connectivity index (χ1v) is 6.73. The fourth-order valence-electron chi connectivity index (χ4n) is 2.02. The Morgan fingerprint density at radius 2 is 2.10 bits per heavy atom. The molecule has 0 aliphatic heterocycles. The van der Waals surface area contributed by atoms with Crippen molar-refractivity contribution in [1.82, 2.24) is 4.90 Å². The Hall–Kier alpha value is -2.11. The van der Waals surface area contributed by atoms with Crippen molar-refractivity contribution >= 4 is 17.3 Å². The minimum absolute atomic E-state index is 0.126. The van der Waals surface area contributed by atoms with Gasteiger partial charge in [0.05, 0.1) is 4.92 Å². The highest BCUT2D eigenvalue weighted by Gasteiger charge is 2.25. The first-order chi connectivity index (χ1) is 9.52. The molecule has 20 heavy (non-hydrogen) atoms. The lowest BCUT2D eigenvalue weighted by molar-refractivity contribution is -0.384. The number of amides is 1. The molecule has 1 rings (SSSR count). The summed E-state index contributed by atoms with van der Waals surface area (Å²) in [6.45, 7) is 2.69. The van der Waals surface area contributed by atoms with Crippen LogP contribution in [0.5, 0.6) is 0 Å². The number of nitrogens with zero attached hydrogens (tertiary/aromatic N) is 2. The van der Waals surface area contributed by atoms with Gasteiger partial charge in [0.2, 0.25) is 0 Å². The summed E-state index contributed by atoms with van der Waals surface area (Å²) in [4.78, 5) is 24.5. The number of hydrogen-bond acceptors (Lipinski definition) is 4. The molecule has 0 spiro atoms. The average Bonchev–Trinajstić information content (AvgIpc) is 2.45. The fraction of sp³-hybridized carbons (Fsp3) is 0.500. The Balaban J connectivity index is 3.00. The van der Waals surface area contributed by atoms with Gasteiger partial charge >= 0.3 is 5.69 Å². The van der Waals surface area contributed by atoms with Crippen LogP contribution in [0.15, 0.2) is 18.2 Å². The molecule has 0 heterocycles. The first-order valence-electron chi connectivity index (χ1n) is 6.73. The third-order valence-electron chi connectivity index (χ3n) is 3.16. The molecule has 0 aromatic heterocycles. The fourth-order valence-corrected chi connectivity index (χ4v) is 2.02. The number of unbranched alkanes of at least 4 members (excludes halogenated alkanes) is 2. The number of para-hydroxylation sites is 1. The SMILES string of the molecule is CCCCCN(C)C(=O)c1cccc(NC)c1[N+](=O)[O-]. The smallest absolute Gasteiger partial charge is 0.305 e.